The zero-order chi connectivity index (χ0) is 16.6. The van der Waals surface area contributed by atoms with Crippen molar-refractivity contribution in [1.29, 1.82) is 0 Å². The average Bonchev–Trinajstić information content (AvgIpc) is 2.99. The molecule has 2 aromatic carbocycles. The number of carbonyl (C=O) groups is 4. The van der Waals surface area contributed by atoms with E-state index in [1.54, 1.807) is 36.4 Å². The number of fused-ring (bicyclic) bond motifs is 2. The fraction of sp³-hybridized carbons (Fsp3) is 0. The Morgan fingerprint density at radius 3 is 1.38 bits per heavy atom. The van der Waals surface area contributed by atoms with Crippen LogP contribution in [0.15, 0.2) is 48.5 Å². The molecule has 0 unspecified atom stereocenters. The number of imide groups is 2. The van der Waals surface area contributed by atoms with Crippen LogP contribution < -0.4 is 5.32 Å². The summed E-state index contributed by atoms with van der Waals surface area (Å²) >= 11 is 0. The first kappa shape index (κ1) is 18.7. The van der Waals surface area contributed by atoms with E-state index in [1.165, 1.54) is 12.1 Å². The average molecular weight is 349 g/mol. The van der Waals surface area contributed by atoms with Crippen molar-refractivity contribution in [2.75, 3.05) is 0 Å². The molecule has 115 valence electrons. The van der Waals surface area contributed by atoms with Gasteiger partial charge in [0.05, 0.1) is 22.3 Å². The van der Waals surface area contributed by atoms with E-state index in [4.69, 9.17) is 5.21 Å². The molecule has 2 N–H and O–H groups in total. The minimum absolute atomic E-state index is 0. The molecule has 8 heteroatoms. The summed E-state index contributed by atoms with van der Waals surface area (Å²) < 4.78 is 0. The number of nitrogens with zero attached hydrogens (tertiary/aromatic N) is 1. The molecule has 24 heavy (non-hydrogen) atoms. The van der Waals surface area contributed by atoms with Gasteiger partial charge in [-0.15, -0.1) is 5.06 Å². The number of amides is 4. The van der Waals surface area contributed by atoms with Crippen LogP contribution in [0.4, 0.5) is 0 Å². The zero-order valence-corrected chi connectivity index (χ0v) is 15.8. The molecule has 0 bridgehead atoms. The number of rotatable bonds is 0. The first-order valence-electron chi connectivity index (χ1n) is 6.62. The summed E-state index contributed by atoms with van der Waals surface area (Å²) in [6, 6.07) is 13.0. The van der Waals surface area contributed by atoms with E-state index in [0.29, 0.717) is 11.1 Å². The molecule has 0 spiro atoms. The van der Waals surface area contributed by atoms with E-state index < -0.39 is 11.8 Å². The second-order valence-corrected chi connectivity index (χ2v) is 4.80. The van der Waals surface area contributed by atoms with Crippen molar-refractivity contribution in [3.63, 3.8) is 0 Å². The molecule has 0 saturated heterocycles. The fourth-order valence-electron chi connectivity index (χ4n) is 2.29. The molecule has 2 heterocycles. The summed E-state index contributed by atoms with van der Waals surface area (Å²) in [6.45, 7) is 0. The van der Waals surface area contributed by atoms with Gasteiger partial charge >= 0.3 is 0 Å². The molecule has 0 aliphatic carbocycles. The Labute approximate surface area is 179 Å². The van der Waals surface area contributed by atoms with Crippen molar-refractivity contribution < 1.29 is 24.4 Å². The van der Waals surface area contributed by atoms with Crippen molar-refractivity contribution in [3.8, 4) is 0 Å². The van der Waals surface area contributed by atoms with Gasteiger partial charge in [0.1, 0.15) is 0 Å². The van der Waals surface area contributed by atoms with Crippen LogP contribution in [-0.2, 0) is 0 Å². The maximum Gasteiger partial charge on any atom is 0.285 e. The number of hydroxylamine groups is 2. The van der Waals surface area contributed by atoms with Gasteiger partial charge in [0.25, 0.3) is 23.6 Å². The third-order valence-corrected chi connectivity index (χ3v) is 3.42. The molecule has 0 atom stereocenters. The Hall–Kier alpha value is -1.68. The van der Waals surface area contributed by atoms with Gasteiger partial charge in [0, 0.05) is 51.4 Å². The smallest absolute Gasteiger partial charge is 0.285 e. The van der Waals surface area contributed by atoms with E-state index in [1.807, 2.05) is 0 Å². The quantitative estimate of drug-likeness (QED) is 0.417. The number of hydrogen-bond acceptors (Lipinski definition) is 5. The molecular formula is C16H10KN2O5. The predicted octanol–water partition coefficient (Wildman–Crippen LogP) is 0.861. The summed E-state index contributed by atoms with van der Waals surface area (Å²) in [6.07, 6.45) is 0. The monoisotopic (exact) mass is 349 g/mol. The normalized spacial score (nSPS) is 14.3. The zero-order valence-electron chi connectivity index (χ0n) is 12.6. The van der Waals surface area contributed by atoms with E-state index >= 15 is 0 Å². The molecule has 2 aliphatic rings. The van der Waals surface area contributed by atoms with Crippen LogP contribution in [0.5, 0.6) is 0 Å². The van der Waals surface area contributed by atoms with Gasteiger partial charge in [-0.3, -0.25) is 29.7 Å². The molecule has 7 nitrogen and oxygen atoms in total. The van der Waals surface area contributed by atoms with Gasteiger partial charge in [0.2, 0.25) is 0 Å². The molecule has 2 aromatic rings. The van der Waals surface area contributed by atoms with Crippen LogP contribution >= 0.6 is 0 Å². The first-order chi connectivity index (χ1) is 11.0. The Bertz CT molecular complexity index is 797. The third kappa shape index (κ3) is 3.25. The van der Waals surface area contributed by atoms with Gasteiger partial charge in [-0.05, 0) is 24.3 Å². The fourth-order valence-corrected chi connectivity index (χ4v) is 2.29. The number of benzene rings is 2. The predicted molar refractivity (Wildman–Crippen MR) is 82.7 cm³/mol. The van der Waals surface area contributed by atoms with E-state index in [2.05, 4.69) is 5.32 Å². The molecule has 4 amide bonds. The van der Waals surface area contributed by atoms with Gasteiger partial charge in [-0.25, -0.2) is 0 Å². The summed E-state index contributed by atoms with van der Waals surface area (Å²) in [7, 11) is 0. The molecule has 2 aliphatic heterocycles. The Balaban J connectivity index is 0.000000167. The van der Waals surface area contributed by atoms with Crippen LogP contribution in [-0.4, -0.2) is 85.3 Å². The molecule has 4 rings (SSSR count). The maximum absolute atomic E-state index is 11.1. The number of carbonyl (C=O) groups excluding carboxylic acids is 4. The minimum Gasteiger partial charge on any atom is -0.288 e. The topological polar surface area (TPSA) is 104 Å². The number of hydrogen-bond donors (Lipinski definition) is 2. The summed E-state index contributed by atoms with van der Waals surface area (Å²) in [5, 5.41) is 11.3. The minimum atomic E-state index is -0.657. The molecule has 0 aromatic heterocycles. The molecule has 0 saturated carbocycles. The van der Waals surface area contributed by atoms with Gasteiger partial charge in [0.15, 0.2) is 0 Å². The Kier molecular flexibility index (Phi) is 5.81. The van der Waals surface area contributed by atoms with Gasteiger partial charge in [-0.2, -0.15) is 0 Å². The van der Waals surface area contributed by atoms with Crippen LogP contribution in [0.25, 0.3) is 0 Å². The van der Waals surface area contributed by atoms with Gasteiger partial charge < -0.3 is 0 Å². The van der Waals surface area contributed by atoms with E-state index in [0.717, 1.165) is 0 Å². The Morgan fingerprint density at radius 2 is 1.00 bits per heavy atom. The van der Waals surface area contributed by atoms with Crippen LogP contribution in [0.1, 0.15) is 41.4 Å². The third-order valence-electron chi connectivity index (χ3n) is 3.42. The van der Waals surface area contributed by atoms with Crippen LogP contribution in [0, 0.1) is 0 Å². The summed E-state index contributed by atoms with van der Waals surface area (Å²) in [4.78, 5) is 44.0. The van der Waals surface area contributed by atoms with Crippen molar-refractivity contribution in [2.24, 2.45) is 0 Å². The summed E-state index contributed by atoms with van der Waals surface area (Å²) in [5.74, 6) is -1.91. The van der Waals surface area contributed by atoms with Gasteiger partial charge in [-0.1, -0.05) is 24.3 Å². The largest absolute Gasteiger partial charge is 0.288 e. The first-order valence-corrected chi connectivity index (χ1v) is 6.62. The van der Waals surface area contributed by atoms with Crippen LogP contribution in [0.2, 0.25) is 0 Å². The Morgan fingerprint density at radius 1 is 0.667 bits per heavy atom. The molecule has 1 radical (unpaired) electrons. The van der Waals surface area contributed by atoms with Crippen molar-refractivity contribution in [2.45, 2.75) is 0 Å². The SMILES string of the molecule is O=C1NC(=O)c2ccccc21.O=C1c2ccccc2C(=O)N1O.[K]. The van der Waals surface area contributed by atoms with Crippen molar-refractivity contribution in [3.05, 3.63) is 70.8 Å². The number of nitrogens with one attached hydrogen (secondary N) is 1. The van der Waals surface area contributed by atoms with E-state index in [-0.39, 0.29) is 79.4 Å². The maximum atomic E-state index is 11.1. The van der Waals surface area contributed by atoms with Crippen molar-refractivity contribution >= 4 is 75.0 Å². The summed E-state index contributed by atoms with van der Waals surface area (Å²) in [5.41, 5.74) is 1.45. The standard InChI is InChI=1S/C8H5NO3.C8H5NO2.K/c10-7-5-3-1-2-4-6(5)8(11)9(7)12;10-7-5-3-1-2-4-6(5)8(11)9-7;/h1-4,12H;1-4H,(H,9,10,11);. The van der Waals surface area contributed by atoms with Crippen molar-refractivity contribution in [1.82, 2.24) is 10.4 Å². The van der Waals surface area contributed by atoms with Crippen LogP contribution in [0.3, 0.4) is 0 Å². The van der Waals surface area contributed by atoms with E-state index in [9.17, 15) is 19.2 Å². The molecule has 0 fully saturated rings. The molecular weight excluding hydrogens is 339 g/mol. The second kappa shape index (κ2) is 7.47. The second-order valence-electron chi connectivity index (χ2n) is 4.80.